The lowest BCUT2D eigenvalue weighted by molar-refractivity contribution is -0.113. The van der Waals surface area contributed by atoms with Crippen molar-refractivity contribution in [1.82, 2.24) is 0 Å². The van der Waals surface area contributed by atoms with E-state index in [0.29, 0.717) is 10.7 Å². The van der Waals surface area contributed by atoms with E-state index in [1.165, 1.54) is 11.0 Å². The molecule has 0 saturated carbocycles. The number of carbonyl (C=O) groups is 1. The fraction of sp³-hybridized carbons (Fsp3) is 0. The zero-order valence-corrected chi connectivity index (χ0v) is 16.8. The summed E-state index contributed by atoms with van der Waals surface area (Å²) in [7, 11) is 0. The van der Waals surface area contributed by atoms with Gasteiger partial charge in [-0.15, -0.1) is 0 Å². The van der Waals surface area contributed by atoms with Gasteiger partial charge in [-0.3, -0.25) is 9.69 Å². The first-order valence-electron chi connectivity index (χ1n) is 8.44. The van der Waals surface area contributed by atoms with Crippen LogP contribution in [0.4, 0.5) is 10.1 Å². The molecule has 0 unspecified atom stereocenters. The molecule has 0 bridgehead atoms. The largest absolute Gasteiger partial charge is 0.282 e. The number of halogens is 3. The number of amidine groups is 1. The summed E-state index contributed by atoms with van der Waals surface area (Å²) in [5.41, 5.74) is 1.87. The first-order valence-corrected chi connectivity index (χ1v) is 9.61. The van der Waals surface area contributed by atoms with E-state index >= 15 is 0 Å². The number of rotatable bonds is 3. The number of amides is 1. The van der Waals surface area contributed by atoms with Crippen LogP contribution in [0.15, 0.2) is 88.0 Å². The molecule has 0 fully saturated rings. The molecule has 6 heteroatoms. The van der Waals surface area contributed by atoms with E-state index in [1.54, 1.807) is 48.5 Å². The van der Waals surface area contributed by atoms with Crippen molar-refractivity contribution in [2.75, 3.05) is 4.90 Å². The standard InChI is InChI=1S/C22H13BrClFN2O/c23-15-7-5-14(6-8-15)13-20-22(28)27(17-11-9-16(24)10-12-17)21(26-20)18-3-1-2-4-19(18)25/h1-13H/b20-13+. The summed E-state index contributed by atoms with van der Waals surface area (Å²) in [5, 5.41) is 0.547. The molecular formula is C22H13BrClFN2O. The van der Waals surface area contributed by atoms with Crippen LogP contribution in [0.2, 0.25) is 5.02 Å². The molecule has 0 aliphatic carbocycles. The van der Waals surface area contributed by atoms with Crippen molar-refractivity contribution in [3.63, 3.8) is 0 Å². The van der Waals surface area contributed by atoms with Gasteiger partial charge in [0.15, 0.2) is 5.84 Å². The molecule has 28 heavy (non-hydrogen) atoms. The van der Waals surface area contributed by atoms with Gasteiger partial charge in [0.1, 0.15) is 11.5 Å². The van der Waals surface area contributed by atoms with E-state index in [0.717, 1.165) is 10.0 Å². The molecule has 138 valence electrons. The zero-order chi connectivity index (χ0) is 19.7. The van der Waals surface area contributed by atoms with Crippen molar-refractivity contribution in [3.05, 3.63) is 105 Å². The average molecular weight is 456 g/mol. The Kier molecular flexibility index (Phi) is 5.11. The van der Waals surface area contributed by atoms with E-state index in [-0.39, 0.29) is 23.0 Å². The second-order valence-corrected chi connectivity index (χ2v) is 7.47. The normalized spacial score (nSPS) is 15.2. The summed E-state index contributed by atoms with van der Waals surface area (Å²) in [6, 6.07) is 20.5. The molecule has 3 aromatic carbocycles. The van der Waals surface area contributed by atoms with Crippen molar-refractivity contribution >= 4 is 51.0 Å². The summed E-state index contributed by atoms with van der Waals surface area (Å²) < 4.78 is 15.4. The fourth-order valence-corrected chi connectivity index (χ4v) is 3.28. The van der Waals surface area contributed by atoms with Crippen LogP contribution in [0.5, 0.6) is 0 Å². The lowest BCUT2D eigenvalue weighted by atomic mass is 10.1. The van der Waals surface area contributed by atoms with Crippen molar-refractivity contribution in [2.45, 2.75) is 0 Å². The van der Waals surface area contributed by atoms with Crippen molar-refractivity contribution < 1.29 is 9.18 Å². The van der Waals surface area contributed by atoms with Gasteiger partial charge in [0.2, 0.25) is 0 Å². The number of hydrogen-bond donors (Lipinski definition) is 0. The number of benzene rings is 3. The molecule has 0 N–H and O–H groups in total. The molecule has 1 amide bonds. The van der Waals surface area contributed by atoms with Gasteiger partial charge >= 0.3 is 0 Å². The molecule has 1 aliphatic rings. The van der Waals surface area contributed by atoms with Crippen LogP contribution >= 0.6 is 27.5 Å². The molecular weight excluding hydrogens is 443 g/mol. The number of anilines is 1. The molecule has 0 atom stereocenters. The summed E-state index contributed by atoms with van der Waals surface area (Å²) in [6.07, 6.45) is 1.69. The molecule has 4 rings (SSSR count). The Bertz CT molecular complexity index is 1110. The van der Waals surface area contributed by atoms with E-state index in [4.69, 9.17) is 11.6 Å². The minimum absolute atomic E-state index is 0.232. The van der Waals surface area contributed by atoms with E-state index < -0.39 is 5.82 Å². The predicted octanol–water partition coefficient (Wildman–Crippen LogP) is 6.08. The van der Waals surface area contributed by atoms with Crippen LogP contribution in [0.25, 0.3) is 6.08 Å². The molecule has 0 aromatic heterocycles. The molecule has 1 heterocycles. The number of nitrogens with zero attached hydrogens (tertiary/aromatic N) is 2. The monoisotopic (exact) mass is 454 g/mol. The lowest BCUT2D eigenvalue weighted by Crippen LogP contribution is -2.33. The molecule has 1 aliphatic heterocycles. The Morgan fingerprint density at radius 3 is 2.32 bits per heavy atom. The van der Waals surface area contributed by atoms with E-state index in [2.05, 4.69) is 20.9 Å². The second-order valence-electron chi connectivity index (χ2n) is 6.11. The van der Waals surface area contributed by atoms with E-state index in [9.17, 15) is 9.18 Å². The summed E-state index contributed by atoms with van der Waals surface area (Å²) in [6.45, 7) is 0. The van der Waals surface area contributed by atoms with Crippen LogP contribution in [-0.2, 0) is 4.79 Å². The topological polar surface area (TPSA) is 32.7 Å². The Hall–Kier alpha value is -2.76. The number of aliphatic imine (C=N–C) groups is 1. The van der Waals surface area contributed by atoms with Gasteiger partial charge in [-0.2, -0.15) is 0 Å². The minimum atomic E-state index is -0.446. The van der Waals surface area contributed by atoms with Crippen LogP contribution in [0.1, 0.15) is 11.1 Å². The third-order valence-electron chi connectivity index (χ3n) is 4.23. The molecule has 3 aromatic rings. The highest BCUT2D eigenvalue weighted by molar-refractivity contribution is 9.10. The lowest BCUT2D eigenvalue weighted by Gasteiger charge is -2.18. The Balaban J connectivity index is 1.84. The van der Waals surface area contributed by atoms with Crippen LogP contribution < -0.4 is 4.90 Å². The maximum Gasteiger partial charge on any atom is 0.282 e. The van der Waals surface area contributed by atoms with Crippen molar-refractivity contribution in [2.24, 2.45) is 4.99 Å². The summed E-state index contributed by atoms with van der Waals surface area (Å²) >= 11 is 9.36. The number of hydrogen-bond acceptors (Lipinski definition) is 2. The van der Waals surface area contributed by atoms with Gasteiger partial charge in [0.25, 0.3) is 5.91 Å². The summed E-state index contributed by atoms with van der Waals surface area (Å²) in [4.78, 5) is 19.0. The second kappa shape index (κ2) is 7.70. The zero-order valence-electron chi connectivity index (χ0n) is 14.4. The highest BCUT2D eigenvalue weighted by Gasteiger charge is 2.33. The minimum Gasteiger partial charge on any atom is -0.266 e. The van der Waals surface area contributed by atoms with Crippen LogP contribution in [0, 0.1) is 5.82 Å². The molecule has 0 radical (unpaired) electrons. The van der Waals surface area contributed by atoms with E-state index in [1.807, 2.05) is 24.3 Å². The van der Waals surface area contributed by atoms with Gasteiger partial charge in [-0.25, -0.2) is 9.38 Å². The Morgan fingerprint density at radius 2 is 1.64 bits per heavy atom. The third kappa shape index (κ3) is 3.63. The van der Waals surface area contributed by atoms with Gasteiger partial charge in [0, 0.05) is 9.50 Å². The first-order chi connectivity index (χ1) is 13.5. The molecule has 0 spiro atoms. The maximum atomic E-state index is 14.5. The average Bonchev–Trinajstić information content (AvgIpc) is 3.01. The quantitative estimate of drug-likeness (QED) is 0.441. The fourth-order valence-electron chi connectivity index (χ4n) is 2.89. The van der Waals surface area contributed by atoms with Gasteiger partial charge in [-0.1, -0.05) is 51.8 Å². The maximum absolute atomic E-state index is 14.5. The Morgan fingerprint density at radius 1 is 0.964 bits per heavy atom. The summed E-state index contributed by atoms with van der Waals surface area (Å²) in [5.74, 6) is -0.532. The number of carbonyl (C=O) groups excluding carboxylic acids is 1. The smallest absolute Gasteiger partial charge is 0.266 e. The van der Waals surface area contributed by atoms with Crippen molar-refractivity contribution in [3.8, 4) is 0 Å². The van der Waals surface area contributed by atoms with Gasteiger partial charge in [0.05, 0.1) is 11.3 Å². The highest BCUT2D eigenvalue weighted by Crippen LogP contribution is 2.29. The van der Waals surface area contributed by atoms with Crippen LogP contribution in [0.3, 0.4) is 0 Å². The van der Waals surface area contributed by atoms with Crippen molar-refractivity contribution in [1.29, 1.82) is 0 Å². The predicted molar refractivity (Wildman–Crippen MR) is 114 cm³/mol. The molecule has 3 nitrogen and oxygen atoms in total. The van der Waals surface area contributed by atoms with Gasteiger partial charge in [-0.05, 0) is 60.2 Å². The molecule has 0 saturated heterocycles. The van der Waals surface area contributed by atoms with Crippen LogP contribution in [-0.4, -0.2) is 11.7 Å². The highest BCUT2D eigenvalue weighted by atomic mass is 79.9. The van der Waals surface area contributed by atoms with Gasteiger partial charge < -0.3 is 0 Å². The third-order valence-corrected chi connectivity index (χ3v) is 5.01. The Labute approximate surface area is 174 Å². The first kappa shape index (κ1) is 18.6. The SMILES string of the molecule is O=C1/C(=C\c2ccc(Br)cc2)N=C(c2ccccc2F)N1c1ccc(Cl)cc1.